The summed E-state index contributed by atoms with van der Waals surface area (Å²) in [6.07, 6.45) is 1.71. The highest BCUT2D eigenvalue weighted by Crippen LogP contribution is 2.16. The van der Waals surface area contributed by atoms with Crippen molar-refractivity contribution in [2.45, 2.75) is 13.2 Å². The lowest BCUT2D eigenvalue weighted by molar-refractivity contribution is 0.293. The average Bonchev–Trinajstić information content (AvgIpc) is 2.72. The molecule has 0 spiro atoms. The first kappa shape index (κ1) is 18.3. The number of benzene rings is 2. The number of ether oxygens (including phenoxy) is 2. The minimum absolute atomic E-state index is 0.326. The largest absolute Gasteiger partial charge is 0.497 e. The Labute approximate surface area is 158 Å². The van der Waals surface area contributed by atoms with Crippen LogP contribution in [0.2, 0.25) is 0 Å². The summed E-state index contributed by atoms with van der Waals surface area (Å²) in [4.78, 5) is 8.60. The van der Waals surface area contributed by atoms with Crippen LogP contribution in [-0.2, 0) is 13.2 Å². The minimum Gasteiger partial charge on any atom is -0.497 e. The molecule has 1 heterocycles. The van der Waals surface area contributed by atoms with E-state index in [0.29, 0.717) is 25.0 Å². The van der Waals surface area contributed by atoms with Gasteiger partial charge < -0.3 is 20.5 Å². The van der Waals surface area contributed by atoms with Crippen molar-refractivity contribution < 1.29 is 9.47 Å². The molecule has 0 fully saturated rings. The average molecular weight is 362 g/mol. The Morgan fingerprint density at radius 3 is 2.70 bits per heavy atom. The highest BCUT2D eigenvalue weighted by molar-refractivity contribution is 5.92. The second-order valence-corrected chi connectivity index (χ2v) is 5.84. The first-order valence-electron chi connectivity index (χ1n) is 8.55. The van der Waals surface area contributed by atoms with Crippen molar-refractivity contribution >= 4 is 11.6 Å². The van der Waals surface area contributed by atoms with Gasteiger partial charge in [0.25, 0.3) is 0 Å². The molecule has 0 amide bonds. The van der Waals surface area contributed by atoms with Gasteiger partial charge in [-0.05, 0) is 29.3 Å². The van der Waals surface area contributed by atoms with Gasteiger partial charge in [0, 0.05) is 24.0 Å². The first-order chi connectivity index (χ1) is 13.2. The van der Waals surface area contributed by atoms with E-state index in [1.165, 1.54) is 0 Å². The van der Waals surface area contributed by atoms with Gasteiger partial charge in [0.2, 0.25) is 5.88 Å². The predicted octanol–water partition coefficient (Wildman–Crippen LogP) is 3.60. The number of nitrogens with one attached hydrogen (secondary N) is 1. The summed E-state index contributed by atoms with van der Waals surface area (Å²) < 4.78 is 10.9. The number of nitrogens with zero attached hydrogens (tertiary/aromatic N) is 2. The summed E-state index contributed by atoms with van der Waals surface area (Å²) in [6, 6.07) is 21.2. The minimum atomic E-state index is 0.326. The zero-order valence-corrected chi connectivity index (χ0v) is 15.1. The fraction of sp³-hybridized carbons (Fsp3) is 0.143. The number of aliphatic imine (C=N–C) groups is 1. The van der Waals surface area contributed by atoms with Crippen LogP contribution in [0.3, 0.4) is 0 Å². The Kier molecular flexibility index (Phi) is 6.25. The van der Waals surface area contributed by atoms with E-state index in [1.807, 2.05) is 66.7 Å². The van der Waals surface area contributed by atoms with Gasteiger partial charge in [0.1, 0.15) is 12.4 Å². The summed E-state index contributed by atoms with van der Waals surface area (Å²) in [7, 11) is 1.62. The smallest absolute Gasteiger partial charge is 0.213 e. The zero-order valence-electron chi connectivity index (χ0n) is 15.1. The summed E-state index contributed by atoms with van der Waals surface area (Å²) in [5.41, 5.74) is 8.84. The van der Waals surface area contributed by atoms with Gasteiger partial charge >= 0.3 is 0 Å². The molecule has 0 atom stereocenters. The van der Waals surface area contributed by atoms with E-state index < -0.39 is 0 Å². The molecule has 138 valence electrons. The summed E-state index contributed by atoms with van der Waals surface area (Å²) in [6.45, 7) is 0.896. The fourth-order valence-corrected chi connectivity index (χ4v) is 2.42. The van der Waals surface area contributed by atoms with Gasteiger partial charge in [-0.3, -0.25) is 0 Å². The van der Waals surface area contributed by atoms with Crippen LogP contribution in [0.5, 0.6) is 11.6 Å². The lowest BCUT2D eigenvalue weighted by Gasteiger charge is -2.08. The van der Waals surface area contributed by atoms with Gasteiger partial charge in [-0.2, -0.15) is 0 Å². The van der Waals surface area contributed by atoms with E-state index in [-0.39, 0.29) is 0 Å². The number of guanidine groups is 1. The van der Waals surface area contributed by atoms with Crippen LogP contribution in [-0.4, -0.2) is 18.1 Å². The van der Waals surface area contributed by atoms with Crippen molar-refractivity contribution in [2.75, 3.05) is 12.4 Å². The molecule has 3 rings (SSSR count). The van der Waals surface area contributed by atoms with Crippen LogP contribution in [0.4, 0.5) is 5.69 Å². The molecule has 6 nitrogen and oxygen atoms in total. The number of methoxy groups -OCH3 is 1. The molecule has 0 saturated carbocycles. The van der Waals surface area contributed by atoms with Gasteiger partial charge in [-0.15, -0.1) is 0 Å². The number of aromatic nitrogens is 1. The molecule has 0 aliphatic rings. The van der Waals surface area contributed by atoms with Crippen molar-refractivity contribution in [3.05, 3.63) is 84.1 Å². The van der Waals surface area contributed by atoms with Crippen LogP contribution >= 0.6 is 0 Å². The Balaban J connectivity index is 1.57. The van der Waals surface area contributed by atoms with Crippen LogP contribution in [0.25, 0.3) is 0 Å². The number of anilines is 1. The van der Waals surface area contributed by atoms with Crippen LogP contribution in [0.1, 0.15) is 11.1 Å². The molecule has 3 N–H and O–H groups in total. The van der Waals surface area contributed by atoms with Crippen molar-refractivity contribution in [1.82, 2.24) is 4.98 Å². The fourth-order valence-electron chi connectivity index (χ4n) is 2.42. The standard InChI is InChI=1S/C21H22N4O2/c1-26-19-9-5-8-18(13-19)25-21(22)24-14-17-10-11-23-20(12-17)27-15-16-6-3-2-4-7-16/h2-13H,14-15H2,1H3,(H3,22,24,25). The van der Waals surface area contributed by atoms with Gasteiger partial charge in [-0.1, -0.05) is 36.4 Å². The number of nitrogens with two attached hydrogens (primary N) is 1. The van der Waals surface area contributed by atoms with Crippen LogP contribution in [0, 0.1) is 0 Å². The normalized spacial score (nSPS) is 11.1. The van der Waals surface area contributed by atoms with Crippen molar-refractivity contribution in [1.29, 1.82) is 0 Å². The molecular weight excluding hydrogens is 340 g/mol. The number of hydrogen-bond donors (Lipinski definition) is 2. The lowest BCUT2D eigenvalue weighted by Crippen LogP contribution is -2.22. The Hall–Kier alpha value is -3.54. The van der Waals surface area contributed by atoms with E-state index >= 15 is 0 Å². The van der Waals surface area contributed by atoms with E-state index in [2.05, 4.69) is 15.3 Å². The van der Waals surface area contributed by atoms with Crippen molar-refractivity contribution in [3.63, 3.8) is 0 Å². The topological polar surface area (TPSA) is 81.8 Å². The summed E-state index contributed by atoms with van der Waals surface area (Å²) >= 11 is 0. The molecule has 2 aromatic carbocycles. The van der Waals surface area contributed by atoms with Crippen LogP contribution in [0.15, 0.2) is 77.9 Å². The zero-order chi connectivity index (χ0) is 18.9. The maximum Gasteiger partial charge on any atom is 0.213 e. The summed E-state index contributed by atoms with van der Waals surface area (Å²) in [5.74, 6) is 1.64. The molecule has 0 radical (unpaired) electrons. The summed E-state index contributed by atoms with van der Waals surface area (Å²) in [5, 5.41) is 3.05. The highest BCUT2D eigenvalue weighted by Gasteiger charge is 2.01. The van der Waals surface area contributed by atoms with Gasteiger partial charge in [0.15, 0.2) is 5.96 Å². The molecule has 0 aliphatic carbocycles. The quantitative estimate of drug-likeness (QED) is 0.496. The number of rotatable bonds is 7. The van der Waals surface area contributed by atoms with E-state index in [1.54, 1.807) is 13.3 Å². The number of hydrogen-bond acceptors (Lipinski definition) is 4. The predicted molar refractivity (Wildman–Crippen MR) is 107 cm³/mol. The molecule has 0 unspecified atom stereocenters. The molecule has 27 heavy (non-hydrogen) atoms. The van der Waals surface area contributed by atoms with E-state index in [4.69, 9.17) is 15.2 Å². The molecular formula is C21H22N4O2. The monoisotopic (exact) mass is 362 g/mol. The van der Waals surface area contributed by atoms with Crippen molar-refractivity contribution in [3.8, 4) is 11.6 Å². The molecule has 0 bridgehead atoms. The molecule has 1 aromatic heterocycles. The van der Waals surface area contributed by atoms with Gasteiger partial charge in [0.05, 0.1) is 13.7 Å². The Morgan fingerprint density at radius 1 is 1.04 bits per heavy atom. The van der Waals surface area contributed by atoms with Crippen LogP contribution < -0.4 is 20.5 Å². The Bertz CT molecular complexity index is 897. The SMILES string of the molecule is COc1cccc(NC(N)=NCc2ccnc(OCc3ccccc3)c2)c1. The third-order valence-electron chi connectivity index (χ3n) is 3.80. The second kappa shape index (κ2) is 9.24. The third-order valence-corrected chi connectivity index (χ3v) is 3.80. The molecule has 0 saturated heterocycles. The van der Waals surface area contributed by atoms with E-state index in [0.717, 1.165) is 22.6 Å². The maximum absolute atomic E-state index is 5.97. The first-order valence-corrected chi connectivity index (χ1v) is 8.55. The third kappa shape index (κ3) is 5.74. The maximum atomic E-state index is 5.97. The van der Waals surface area contributed by atoms with E-state index in [9.17, 15) is 0 Å². The Morgan fingerprint density at radius 2 is 1.89 bits per heavy atom. The lowest BCUT2D eigenvalue weighted by atomic mass is 10.2. The van der Waals surface area contributed by atoms with Gasteiger partial charge in [-0.25, -0.2) is 9.98 Å². The van der Waals surface area contributed by atoms with Crippen molar-refractivity contribution in [2.24, 2.45) is 10.7 Å². The molecule has 6 heteroatoms. The molecule has 3 aromatic rings. The molecule has 0 aliphatic heterocycles. The highest BCUT2D eigenvalue weighted by atomic mass is 16.5. The second-order valence-electron chi connectivity index (χ2n) is 5.84. The number of pyridine rings is 1.